The maximum absolute atomic E-state index is 13.4. The van der Waals surface area contributed by atoms with Gasteiger partial charge in [0.25, 0.3) is 5.91 Å². The second kappa shape index (κ2) is 6.30. The number of nitrogens with zero attached hydrogens (tertiary/aromatic N) is 1. The first-order valence-electron chi connectivity index (χ1n) is 10.0. The molecule has 1 unspecified atom stereocenters. The van der Waals surface area contributed by atoms with E-state index < -0.39 is 0 Å². The van der Waals surface area contributed by atoms with Gasteiger partial charge in [-0.3, -0.25) is 4.79 Å². The molecule has 1 aromatic carbocycles. The zero-order chi connectivity index (χ0) is 18.1. The van der Waals surface area contributed by atoms with Crippen LogP contribution in [0.3, 0.4) is 0 Å². The van der Waals surface area contributed by atoms with Gasteiger partial charge >= 0.3 is 0 Å². The van der Waals surface area contributed by atoms with Gasteiger partial charge in [-0.15, -0.1) is 24.0 Å². The lowest BCUT2D eigenvalue weighted by Crippen LogP contribution is -2.57. The smallest absolute Gasteiger partial charge is 0.262 e. The lowest BCUT2D eigenvalue weighted by Gasteiger charge is -2.56. The van der Waals surface area contributed by atoms with E-state index in [1.165, 1.54) is 47.8 Å². The van der Waals surface area contributed by atoms with Crippen molar-refractivity contribution >= 4 is 57.8 Å². The summed E-state index contributed by atoms with van der Waals surface area (Å²) in [6.07, 6.45) is 8.89. The Kier molecular flexibility index (Phi) is 3.96. The Morgan fingerprint density at radius 1 is 1.04 bits per heavy atom. The van der Waals surface area contributed by atoms with Crippen LogP contribution in [-0.2, 0) is 4.79 Å². The molecule has 2 aromatic rings. The molecule has 0 spiro atoms. The molecule has 4 saturated carbocycles. The number of fused-ring (bicyclic) bond motifs is 1. The molecule has 5 heteroatoms. The van der Waals surface area contributed by atoms with Gasteiger partial charge in [0.1, 0.15) is 4.71 Å². The summed E-state index contributed by atoms with van der Waals surface area (Å²) in [6.45, 7) is 0. The first-order valence-corrected chi connectivity index (χ1v) is 12.3. The molecular weight excluding hydrogens is 390 g/mol. The summed E-state index contributed by atoms with van der Waals surface area (Å²) in [5, 5.41) is 3.41. The molecule has 5 fully saturated rings. The van der Waals surface area contributed by atoms with Crippen molar-refractivity contribution in [1.82, 2.24) is 4.90 Å². The number of thiol groups is 1. The predicted molar refractivity (Wildman–Crippen MR) is 118 cm³/mol. The highest BCUT2D eigenvalue weighted by Gasteiger charge is 2.53. The molecule has 1 atom stereocenters. The minimum absolute atomic E-state index is 0.0313. The Labute approximate surface area is 173 Å². The van der Waals surface area contributed by atoms with Gasteiger partial charge < -0.3 is 4.90 Å². The van der Waals surface area contributed by atoms with Crippen molar-refractivity contribution in [2.24, 2.45) is 23.7 Å². The number of amides is 1. The minimum atomic E-state index is -0.0313. The van der Waals surface area contributed by atoms with E-state index in [4.69, 9.17) is 12.6 Å². The summed E-state index contributed by atoms with van der Waals surface area (Å²) < 4.78 is 1.25. The Morgan fingerprint density at radius 3 is 2.48 bits per heavy atom. The number of carbonyl (C=O) groups excluding carboxylic acids is 1. The number of thiophene rings is 1. The van der Waals surface area contributed by atoms with Crippen molar-refractivity contribution < 1.29 is 4.79 Å². The monoisotopic (exact) mass is 413 g/mol. The molecule has 0 radical (unpaired) electrons. The van der Waals surface area contributed by atoms with Crippen molar-refractivity contribution in [3.8, 4) is 0 Å². The number of hydrogen-bond donors (Lipinski definition) is 1. The normalized spacial score (nSPS) is 39.2. The van der Waals surface area contributed by atoms with Crippen molar-refractivity contribution in [2.45, 2.75) is 42.9 Å². The minimum Gasteiger partial charge on any atom is -0.313 e. The Bertz CT molecular complexity index is 920. The molecule has 5 aliphatic rings. The predicted octanol–water partition coefficient (Wildman–Crippen LogP) is 5.86. The average molecular weight is 414 g/mol. The number of carbonyl (C=O) groups is 1. The summed E-state index contributed by atoms with van der Waals surface area (Å²) >= 11 is 8.24. The summed E-state index contributed by atoms with van der Waals surface area (Å²) in [7, 11) is 0. The van der Waals surface area contributed by atoms with E-state index in [2.05, 4.69) is 40.6 Å². The van der Waals surface area contributed by atoms with Gasteiger partial charge in [-0.05, 0) is 84.2 Å². The fourth-order valence-electron chi connectivity index (χ4n) is 6.43. The molecule has 4 bridgehead atoms. The third-order valence-electron chi connectivity index (χ3n) is 7.21. The molecule has 2 heterocycles. The number of benzene rings is 1. The fraction of sp³-hybridized carbons (Fsp3) is 0.500. The standard InChI is InChI=1S/C22H23NOS3/c24-21-19(10-16-11-26-18-4-2-1-3-17(16)18)27-22(25)23(21)20-14-6-12-5-13(8-14)9-15(20)7-12/h1-4,10-15,20,22,25H,5-9H2/b19-10-. The van der Waals surface area contributed by atoms with E-state index in [1.54, 1.807) is 23.1 Å². The van der Waals surface area contributed by atoms with E-state index >= 15 is 0 Å². The van der Waals surface area contributed by atoms with Crippen LogP contribution in [0.2, 0.25) is 0 Å². The molecule has 1 aliphatic heterocycles. The lowest BCUT2D eigenvalue weighted by molar-refractivity contribution is -0.136. The van der Waals surface area contributed by atoms with E-state index in [0.717, 1.165) is 16.7 Å². The molecular formula is C22H23NOS3. The highest BCUT2D eigenvalue weighted by Crippen LogP contribution is 2.57. The second-order valence-corrected chi connectivity index (χ2v) is 11.6. The summed E-state index contributed by atoms with van der Waals surface area (Å²) in [4.78, 5) is 16.4. The molecule has 1 aromatic heterocycles. The Morgan fingerprint density at radius 2 is 1.74 bits per heavy atom. The van der Waals surface area contributed by atoms with Gasteiger partial charge in [0.05, 0.1) is 4.91 Å². The van der Waals surface area contributed by atoms with Crippen LogP contribution in [0.4, 0.5) is 0 Å². The molecule has 0 N–H and O–H groups in total. The highest BCUT2D eigenvalue weighted by molar-refractivity contribution is 8.14. The summed E-state index contributed by atoms with van der Waals surface area (Å²) in [5.41, 5.74) is 1.17. The maximum Gasteiger partial charge on any atom is 0.262 e. The first kappa shape index (κ1) is 17.0. The third kappa shape index (κ3) is 2.65. The highest BCUT2D eigenvalue weighted by atomic mass is 32.2. The molecule has 140 valence electrons. The Balaban J connectivity index is 1.32. The van der Waals surface area contributed by atoms with Gasteiger partial charge in [0.15, 0.2) is 0 Å². The molecule has 7 rings (SSSR count). The zero-order valence-electron chi connectivity index (χ0n) is 15.1. The van der Waals surface area contributed by atoms with E-state index in [9.17, 15) is 4.79 Å². The van der Waals surface area contributed by atoms with E-state index in [1.807, 2.05) is 0 Å². The van der Waals surface area contributed by atoms with Crippen molar-refractivity contribution in [3.05, 3.63) is 40.1 Å². The van der Waals surface area contributed by atoms with Crippen LogP contribution in [0.15, 0.2) is 34.6 Å². The van der Waals surface area contributed by atoms with Crippen LogP contribution in [0.25, 0.3) is 16.2 Å². The molecule has 4 aliphatic carbocycles. The first-order chi connectivity index (χ1) is 13.2. The summed E-state index contributed by atoms with van der Waals surface area (Å²) in [6, 6.07) is 8.86. The van der Waals surface area contributed by atoms with E-state index in [-0.39, 0.29) is 10.6 Å². The van der Waals surface area contributed by atoms with Gasteiger partial charge in [0.2, 0.25) is 0 Å². The number of thioether (sulfide) groups is 1. The largest absolute Gasteiger partial charge is 0.313 e. The van der Waals surface area contributed by atoms with Gasteiger partial charge in [0, 0.05) is 10.7 Å². The van der Waals surface area contributed by atoms with Crippen LogP contribution >= 0.6 is 35.7 Å². The molecule has 27 heavy (non-hydrogen) atoms. The van der Waals surface area contributed by atoms with Crippen molar-refractivity contribution in [1.29, 1.82) is 0 Å². The van der Waals surface area contributed by atoms with Crippen molar-refractivity contribution in [3.63, 3.8) is 0 Å². The van der Waals surface area contributed by atoms with Crippen LogP contribution < -0.4 is 0 Å². The van der Waals surface area contributed by atoms with Gasteiger partial charge in [-0.25, -0.2) is 0 Å². The van der Waals surface area contributed by atoms with E-state index in [0.29, 0.717) is 17.9 Å². The second-order valence-electron chi connectivity index (χ2n) is 8.77. The van der Waals surface area contributed by atoms with Crippen LogP contribution in [-0.4, -0.2) is 21.6 Å². The third-order valence-corrected chi connectivity index (χ3v) is 9.74. The molecule has 1 saturated heterocycles. The topological polar surface area (TPSA) is 20.3 Å². The quantitative estimate of drug-likeness (QED) is 0.492. The number of rotatable bonds is 2. The fourth-order valence-corrected chi connectivity index (χ4v) is 8.93. The van der Waals surface area contributed by atoms with Crippen LogP contribution in [0.1, 0.15) is 37.7 Å². The van der Waals surface area contributed by atoms with Gasteiger partial charge in [-0.1, -0.05) is 30.0 Å². The van der Waals surface area contributed by atoms with Crippen molar-refractivity contribution in [2.75, 3.05) is 0 Å². The van der Waals surface area contributed by atoms with Crippen LogP contribution in [0, 0.1) is 23.7 Å². The zero-order valence-corrected chi connectivity index (χ0v) is 17.6. The van der Waals surface area contributed by atoms with Gasteiger partial charge in [-0.2, -0.15) is 0 Å². The maximum atomic E-state index is 13.4. The SMILES string of the molecule is O=C1/C(=C/c2csc3ccccc23)SC(S)N1C1C2CC3CC(C2)CC1C3. The average Bonchev–Trinajstić information content (AvgIpc) is 3.17. The summed E-state index contributed by atoms with van der Waals surface area (Å²) in [5.74, 6) is 3.50. The lowest BCUT2D eigenvalue weighted by atomic mass is 9.54. The molecule has 1 amide bonds. The Hall–Kier alpha value is -0.910. The van der Waals surface area contributed by atoms with Crippen LogP contribution in [0.5, 0.6) is 0 Å². The molecule has 2 nitrogen and oxygen atoms in total. The number of hydrogen-bond acceptors (Lipinski definition) is 4.